The van der Waals surface area contributed by atoms with Gasteiger partial charge in [0.1, 0.15) is 11.7 Å². The van der Waals surface area contributed by atoms with Crippen molar-refractivity contribution < 1.29 is 24.3 Å². The molecule has 1 fully saturated rings. The van der Waals surface area contributed by atoms with Crippen molar-refractivity contribution >= 4 is 29.5 Å². The number of carbonyl (C=O) groups is 4. The van der Waals surface area contributed by atoms with Gasteiger partial charge in [0.25, 0.3) is 5.91 Å². The quantitative estimate of drug-likeness (QED) is 0.578. The highest BCUT2D eigenvalue weighted by atomic mass is 16.4. The van der Waals surface area contributed by atoms with Crippen LogP contribution in [0.25, 0.3) is 0 Å². The molecule has 1 saturated heterocycles. The molecule has 4 amide bonds. The highest BCUT2D eigenvalue weighted by Crippen LogP contribution is 2.17. The van der Waals surface area contributed by atoms with E-state index in [1.54, 1.807) is 6.92 Å². The number of hydrogen-bond acceptors (Lipinski definition) is 4. The molecule has 2 rings (SSSR count). The van der Waals surface area contributed by atoms with Crippen LogP contribution < -0.4 is 10.6 Å². The molecule has 0 bridgehead atoms. The standard InChI is InChI=1S/C12H14N4O5/c1-5-3-6(9(13-5)11(19)20)14-12(21)15-7-4-8(17)16(2)10(7)18/h3,7,13H,4H2,1-2H3,(H,19,20)(H2,14,15,21). The number of aromatic amines is 1. The van der Waals surface area contributed by atoms with Gasteiger partial charge < -0.3 is 20.7 Å². The number of nitrogens with zero attached hydrogens (tertiary/aromatic N) is 1. The minimum Gasteiger partial charge on any atom is -0.477 e. The van der Waals surface area contributed by atoms with Gasteiger partial charge >= 0.3 is 12.0 Å². The van der Waals surface area contributed by atoms with Crippen molar-refractivity contribution in [3.8, 4) is 0 Å². The minimum absolute atomic E-state index is 0.0858. The normalized spacial score (nSPS) is 18.0. The fourth-order valence-corrected chi connectivity index (χ4v) is 2.04. The number of rotatable bonds is 3. The lowest BCUT2D eigenvalue weighted by Gasteiger charge is -2.11. The number of imide groups is 1. The van der Waals surface area contributed by atoms with Crippen LogP contribution in [0.5, 0.6) is 0 Å². The first-order valence-electron chi connectivity index (χ1n) is 6.10. The summed E-state index contributed by atoms with van der Waals surface area (Å²) in [7, 11) is 1.34. The van der Waals surface area contributed by atoms with Crippen LogP contribution >= 0.6 is 0 Å². The number of likely N-dealkylation sites (tertiary alicyclic amines) is 1. The number of hydrogen-bond donors (Lipinski definition) is 4. The number of nitrogens with one attached hydrogen (secondary N) is 3. The number of likely N-dealkylation sites (N-methyl/N-ethyl adjacent to an activating group) is 1. The zero-order chi connectivity index (χ0) is 15.7. The van der Waals surface area contributed by atoms with Crippen molar-refractivity contribution in [3.63, 3.8) is 0 Å². The van der Waals surface area contributed by atoms with E-state index in [0.717, 1.165) is 4.90 Å². The molecule has 0 radical (unpaired) electrons. The number of amides is 4. The number of carboxylic acids is 1. The van der Waals surface area contributed by atoms with E-state index in [-0.39, 0.29) is 23.7 Å². The Balaban J connectivity index is 2.05. The second-order valence-corrected chi connectivity index (χ2v) is 4.69. The zero-order valence-corrected chi connectivity index (χ0v) is 11.4. The van der Waals surface area contributed by atoms with E-state index in [9.17, 15) is 19.2 Å². The third-order valence-electron chi connectivity index (χ3n) is 3.10. The molecule has 4 N–H and O–H groups in total. The summed E-state index contributed by atoms with van der Waals surface area (Å²) >= 11 is 0. The summed E-state index contributed by atoms with van der Waals surface area (Å²) in [5.74, 6) is -2.10. The molecule has 0 aromatic carbocycles. The van der Waals surface area contributed by atoms with Gasteiger partial charge in [-0.05, 0) is 13.0 Å². The molecule has 1 atom stereocenters. The molecule has 21 heavy (non-hydrogen) atoms. The molecule has 1 aliphatic rings. The monoisotopic (exact) mass is 294 g/mol. The van der Waals surface area contributed by atoms with Crippen molar-refractivity contribution in [1.82, 2.24) is 15.2 Å². The van der Waals surface area contributed by atoms with Gasteiger partial charge in [-0.15, -0.1) is 0 Å². The summed E-state index contributed by atoms with van der Waals surface area (Å²) in [5, 5.41) is 13.7. The summed E-state index contributed by atoms with van der Waals surface area (Å²) in [5.41, 5.74) is 0.491. The van der Waals surface area contributed by atoms with E-state index >= 15 is 0 Å². The average molecular weight is 294 g/mol. The van der Waals surface area contributed by atoms with Crippen molar-refractivity contribution in [2.75, 3.05) is 12.4 Å². The molecule has 0 saturated carbocycles. The van der Waals surface area contributed by atoms with Crippen molar-refractivity contribution in [2.45, 2.75) is 19.4 Å². The van der Waals surface area contributed by atoms with Crippen LogP contribution in [0.15, 0.2) is 6.07 Å². The Bertz CT molecular complexity index is 636. The predicted octanol–water partition coefficient (Wildman–Crippen LogP) is -0.0999. The molecule has 1 aliphatic heterocycles. The van der Waals surface area contributed by atoms with Gasteiger partial charge in [0.05, 0.1) is 12.1 Å². The van der Waals surface area contributed by atoms with Crippen LogP contribution in [-0.2, 0) is 9.59 Å². The summed E-state index contributed by atoms with van der Waals surface area (Å²) in [6.07, 6.45) is -0.110. The van der Waals surface area contributed by atoms with E-state index in [2.05, 4.69) is 15.6 Å². The van der Waals surface area contributed by atoms with Crippen LogP contribution in [0.1, 0.15) is 22.6 Å². The van der Waals surface area contributed by atoms with E-state index in [4.69, 9.17) is 5.11 Å². The minimum atomic E-state index is -1.22. The number of carbonyl (C=O) groups excluding carboxylic acids is 3. The molecular weight excluding hydrogens is 280 g/mol. The van der Waals surface area contributed by atoms with Crippen LogP contribution in [0.2, 0.25) is 0 Å². The van der Waals surface area contributed by atoms with Gasteiger partial charge in [0.15, 0.2) is 0 Å². The Kier molecular flexibility index (Phi) is 3.66. The van der Waals surface area contributed by atoms with Gasteiger partial charge in [0, 0.05) is 12.7 Å². The molecule has 9 heteroatoms. The number of H-pyrrole nitrogens is 1. The Morgan fingerprint density at radius 1 is 1.43 bits per heavy atom. The first-order chi connectivity index (χ1) is 9.79. The largest absolute Gasteiger partial charge is 0.477 e. The van der Waals surface area contributed by atoms with Crippen molar-refractivity contribution in [3.05, 3.63) is 17.5 Å². The molecule has 0 spiro atoms. The number of aryl methyl sites for hydroxylation is 1. The fourth-order valence-electron chi connectivity index (χ4n) is 2.04. The maximum Gasteiger partial charge on any atom is 0.354 e. The lowest BCUT2D eigenvalue weighted by molar-refractivity contribution is -0.137. The zero-order valence-electron chi connectivity index (χ0n) is 11.4. The number of anilines is 1. The van der Waals surface area contributed by atoms with Gasteiger partial charge in [-0.2, -0.15) is 0 Å². The molecule has 112 valence electrons. The molecule has 1 unspecified atom stereocenters. The van der Waals surface area contributed by atoms with Crippen molar-refractivity contribution in [1.29, 1.82) is 0 Å². The topological polar surface area (TPSA) is 132 Å². The lowest BCUT2D eigenvalue weighted by atomic mass is 10.2. The Morgan fingerprint density at radius 3 is 2.62 bits per heavy atom. The molecule has 0 aliphatic carbocycles. The maximum atomic E-state index is 11.8. The van der Waals surface area contributed by atoms with E-state index in [1.807, 2.05) is 0 Å². The number of aromatic nitrogens is 1. The smallest absolute Gasteiger partial charge is 0.354 e. The number of carboxylic acid groups (broad SMARTS) is 1. The van der Waals surface area contributed by atoms with Gasteiger partial charge in [-0.3, -0.25) is 14.5 Å². The molecular formula is C12H14N4O5. The van der Waals surface area contributed by atoms with E-state index in [0.29, 0.717) is 5.69 Å². The predicted molar refractivity (Wildman–Crippen MR) is 70.8 cm³/mol. The van der Waals surface area contributed by atoms with Crippen molar-refractivity contribution in [2.24, 2.45) is 0 Å². The van der Waals surface area contributed by atoms with Gasteiger partial charge in [-0.1, -0.05) is 0 Å². The SMILES string of the molecule is Cc1cc(NC(=O)NC2CC(=O)N(C)C2=O)c(C(=O)O)[nH]1. The number of urea groups is 1. The van der Waals surface area contributed by atoms with Crippen LogP contribution in [-0.4, -0.2) is 51.9 Å². The van der Waals surface area contributed by atoms with Crippen LogP contribution in [0, 0.1) is 6.92 Å². The summed E-state index contributed by atoms with van der Waals surface area (Å²) in [4.78, 5) is 49.3. The summed E-state index contributed by atoms with van der Waals surface area (Å²) in [6, 6.07) is -0.231. The van der Waals surface area contributed by atoms with Gasteiger partial charge in [0.2, 0.25) is 5.91 Å². The molecule has 1 aromatic rings. The van der Waals surface area contributed by atoms with Crippen LogP contribution in [0.4, 0.5) is 10.5 Å². The highest BCUT2D eigenvalue weighted by molar-refractivity contribution is 6.07. The third-order valence-corrected chi connectivity index (χ3v) is 3.10. The summed E-state index contributed by atoms with van der Waals surface area (Å²) < 4.78 is 0. The molecule has 9 nitrogen and oxygen atoms in total. The first kappa shape index (κ1) is 14.6. The first-order valence-corrected chi connectivity index (χ1v) is 6.10. The molecule has 2 heterocycles. The second kappa shape index (κ2) is 5.27. The van der Waals surface area contributed by atoms with E-state index in [1.165, 1.54) is 13.1 Å². The molecule has 1 aromatic heterocycles. The maximum absolute atomic E-state index is 11.8. The Labute approximate surface area is 119 Å². The Morgan fingerprint density at radius 2 is 2.10 bits per heavy atom. The van der Waals surface area contributed by atoms with Crippen LogP contribution in [0.3, 0.4) is 0 Å². The second-order valence-electron chi connectivity index (χ2n) is 4.69. The van der Waals surface area contributed by atoms with Gasteiger partial charge in [-0.25, -0.2) is 9.59 Å². The summed E-state index contributed by atoms with van der Waals surface area (Å²) in [6.45, 7) is 1.64. The number of aromatic carboxylic acids is 1. The third kappa shape index (κ3) is 2.86. The Hall–Kier alpha value is -2.84. The average Bonchev–Trinajstić information content (AvgIpc) is 2.86. The lowest BCUT2D eigenvalue weighted by Crippen LogP contribution is -2.42. The van der Waals surface area contributed by atoms with E-state index < -0.39 is 23.9 Å². The fraction of sp³-hybridized carbons (Fsp3) is 0.333. The highest BCUT2D eigenvalue weighted by Gasteiger charge is 2.37.